The van der Waals surface area contributed by atoms with Gasteiger partial charge in [0.25, 0.3) is 0 Å². The van der Waals surface area contributed by atoms with Crippen LogP contribution < -0.4 is 4.74 Å². The van der Waals surface area contributed by atoms with Crippen LogP contribution >= 0.6 is 32.3 Å². The summed E-state index contributed by atoms with van der Waals surface area (Å²) in [7, 11) is 4.73. The molecule has 2 aromatic rings. The van der Waals surface area contributed by atoms with Crippen LogP contribution in [-0.2, 0) is 0 Å². The highest BCUT2D eigenvalue weighted by molar-refractivity contribution is 9.05. The molecule has 1 aromatic carbocycles. The van der Waals surface area contributed by atoms with Gasteiger partial charge in [-0.1, -0.05) is 23.8 Å². The lowest BCUT2D eigenvalue weighted by Crippen LogP contribution is -1.88. The second-order valence-electron chi connectivity index (χ2n) is 3.26. The van der Waals surface area contributed by atoms with Crippen molar-refractivity contribution in [3.8, 4) is 16.9 Å². The van der Waals surface area contributed by atoms with E-state index in [-0.39, 0.29) is 0 Å². The predicted octanol–water partition coefficient (Wildman–Crippen LogP) is 4.34. The number of benzene rings is 1. The molecule has 0 spiro atoms. The number of methoxy groups -OCH3 is 1. The Morgan fingerprint density at radius 1 is 1.18 bits per heavy atom. The normalized spacial score (nSPS) is 10.2. The van der Waals surface area contributed by atoms with Crippen molar-refractivity contribution in [2.75, 3.05) is 7.11 Å². The number of hydrogen-bond acceptors (Lipinski definition) is 5. The number of rotatable bonds is 4. The first kappa shape index (κ1) is 12.7. The number of hydrogen-bond donors (Lipinski definition) is 1. The van der Waals surface area contributed by atoms with Crippen molar-refractivity contribution < 1.29 is 4.74 Å². The average Bonchev–Trinajstić information content (AvgIpc) is 2.40. The molecule has 0 aliphatic rings. The smallest absolute Gasteiger partial charge is 0.129 e. The Morgan fingerprint density at radius 3 is 2.59 bits per heavy atom. The van der Waals surface area contributed by atoms with Crippen LogP contribution in [0.1, 0.15) is 0 Å². The van der Waals surface area contributed by atoms with Crippen molar-refractivity contribution in [3.63, 3.8) is 0 Å². The van der Waals surface area contributed by atoms with Crippen LogP contribution in [0.3, 0.4) is 0 Å². The van der Waals surface area contributed by atoms with Gasteiger partial charge in [-0.3, -0.25) is 4.98 Å². The first-order chi connectivity index (χ1) is 8.35. The van der Waals surface area contributed by atoms with Gasteiger partial charge >= 0.3 is 0 Å². The van der Waals surface area contributed by atoms with Gasteiger partial charge in [0.05, 0.1) is 7.11 Å². The minimum Gasteiger partial charge on any atom is -0.496 e. The average molecular weight is 281 g/mol. The molecule has 0 aliphatic heterocycles. The third-order valence-electron chi connectivity index (χ3n) is 2.30. The number of aromatic nitrogens is 1. The third kappa shape index (κ3) is 3.12. The minimum absolute atomic E-state index is 0.837. The second-order valence-corrected chi connectivity index (χ2v) is 6.33. The molecule has 0 fully saturated rings. The fourth-order valence-corrected chi connectivity index (χ4v) is 3.21. The van der Waals surface area contributed by atoms with E-state index in [9.17, 15) is 0 Å². The van der Waals surface area contributed by atoms with Gasteiger partial charge in [-0.15, -0.1) is 0 Å². The van der Waals surface area contributed by atoms with E-state index in [0.29, 0.717) is 0 Å². The number of pyridine rings is 1. The lowest BCUT2D eigenvalue weighted by Gasteiger charge is -2.07. The van der Waals surface area contributed by atoms with E-state index in [2.05, 4.69) is 40.9 Å². The highest BCUT2D eigenvalue weighted by atomic mass is 33.5. The molecule has 0 amide bonds. The molecule has 1 heterocycles. The first-order valence-electron chi connectivity index (χ1n) is 4.91. The van der Waals surface area contributed by atoms with E-state index in [4.69, 9.17) is 4.74 Å². The molecule has 0 bridgehead atoms. The molecular weight excluding hydrogens is 270 g/mol. The monoisotopic (exact) mass is 281 g/mol. The van der Waals surface area contributed by atoms with Crippen LogP contribution in [0.2, 0.25) is 0 Å². The van der Waals surface area contributed by atoms with Gasteiger partial charge in [0.1, 0.15) is 5.75 Å². The maximum Gasteiger partial charge on any atom is 0.129 e. The number of ether oxygens (including phenoxy) is 1. The Labute approximate surface area is 113 Å². The Balaban J connectivity index is 2.33. The SMILES string of the molecule is COc1ccncc1-c1ccc(SSS)cc1. The summed E-state index contributed by atoms with van der Waals surface area (Å²) in [5, 5.41) is 0. The summed E-state index contributed by atoms with van der Waals surface area (Å²) in [5.74, 6) is 0.837. The van der Waals surface area contributed by atoms with E-state index in [1.807, 2.05) is 12.3 Å². The molecule has 2 rings (SSSR count). The van der Waals surface area contributed by atoms with Crippen molar-refractivity contribution in [1.29, 1.82) is 0 Å². The standard InChI is InChI=1S/C12H11NOS3/c1-14-12-6-7-13-8-11(12)9-2-4-10(5-3-9)16-17-15/h2-8,15H,1H3. The lowest BCUT2D eigenvalue weighted by atomic mass is 10.1. The molecule has 1 aromatic heterocycles. The van der Waals surface area contributed by atoms with Crippen LogP contribution in [0, 0.1) is 0 Å². The largest absolute Gasteiger partial charge is 0.496 e. The van der Waals surface area contributed by atoms with Crippen molar-refractivity contribution in [2.24, 2.45) is 0 Å². The van der Waals surface area contributed by atoms with Gasteiger partial charge in [-0.25, -0.2) is 0 Å². The maximum atomic E-state index is 5.32. The molecule has 0 unspecified atom stereocenters. The van der Waals surface area contributed by atoms with Gasteiger partial charge in [-0.05, 0) is 44.4 Å². The molecule has 0 saturated carbocycles. The van der Waals surface area contributed by atoms with Crippen molar-refractivity contribution in [1.82, 2.24) is 4.98 Å². The molecule has 0 atom stereocenters. The Hall–Kier alpha value is -0.780. The molecule has 0 aliphatic carbocycles. The van der Waals surface area contributed by atoms with Gasteiger partial charge in [0.2, 0.25) is 0 Å². The van der Waals surface area contributed by atoms with E-state index in [1.165, 1.54) is 14.7 Å². The number of nitrogens with zero attached hydrogens (tertiary/aromatic N) is 1. The van der Waals surface area contributed by atoms with Crippen LogP contribution in [0.4, 0.5) is 0 Å². The summed E-state index contributed by atoms with van der Waals surface area (Å²) in [5.41, 5.74) is 2.11. The van der Waals surface area contributed by atoms with Gasteiger partial charge in [0.15, 0.2) is 0 Å². The second kappa shape index (κ2) is 6.23. The van der Waals surface area contributed by atoms with Crippen molar-refractivity contribution in [2.45, 2.75) is 4.90 Å². The number of thiol groups is 1. The van der Waals surface area contributed by atoms with E-state index in [0.717, 1.165) is 16.9 Å². The molecule has 17 heavy (non-hydrogen) atoms. The van der Waals surface area contributed by atoms with Crippen LogP contribution in [-0.4, -0.2) is 12.1 Å². The first-order valence-corrected chi connectivity index (χ1v) is 8.12. The van der Waals surface area contributed by atoms with Gasteiger partial charge < -0.3 is 4.74 Å². The predicted molar refractivity (Wildman–Crippen MR) is 78.7 cm³/mol. The zero-order chi connectivity index (χ0) is 12.1. The topological polar surface area (TPSA) is 22.1 Å². The van der Waals surface area contributed by atoms with Crippen LogP contribution in [0.5, 0.6) is 5.75 Å². The zero-order valence-corrected chi connectivity index (χ0v) is 11.7. The Bertz CT molecular complexity index is 487. The van der Waals surface area contributed by atoms with E-state index >= 15 is 0 Å². The quantitative estimate of drug-likeness (QED) is 0.664. The molecule has 0 N–H and O–H groups in total. The molecule has 0 radical (unpaired) electrons. The highest BCUT2D eigenvalue weighted by Gasteiger charge is 2.05. The maximum absolute atomic E-state index is 5.32. The van der Waals surface area contributed by atoms with Crippen molar-refractivity contribution >= 4 is 32.3 Å². The molecule has 0 saturated heterocycles. The van der Waals surface area contributed by atoms with E-state index < -0.39 is 0 Å². The summed E-state index contributed by atoms with van der Waals surface area (Å²) in [6, 6.07) is 10.1. The summed E-state index contributed by atoms with van der Waals surface area (Å²) in [6.07, 6.45) is 3.54. The molecule has 88 valence electrons. The summed E-state index contributed by atoms with van der Waals surface area (Å²) in [6.45, 7) is 0. The third-order valence-corrected chi connectivity index (χ3v) is 4.31. The summed E-state index contributed by atoms with van der Waals surface area (Å²) >= 11 is 4.11. The summed E-state index contributed by atoms with van der Waals surface area (Å²) in [4.78, 5) is 5.30. The Kier molecular flexibility index (Phi) is 4.65. The molecular formula is C12H11NOS3. The molecule has 5 heteroatoms. The van der Waals surface area contributed by atoms with Crippen LogP contribution in [0.25, 0.3) is 11.1 Å². The lowest BCUT2D eigenvalue weighted by molar-refractivity contribution is 0.416. The van der Waals surface area contributed by atoms with Crippen LogP contribution in [0.15, 0.2) is 47.6 Å². The summed E-state index contributed by atoms with van der Waals surface area (Å²) < 4.78 is 5.32. The minimum atomic E-state index is 0.837. The fraction of sp³-hybridized carbons (Fsp3) is 0.0833. The van der Waals surface area contributed by atoms with Gasteiger partial charge in [-0.2, -0.15) is 0 Å². The van der Waals surface area contributed by atoms with E-state index in [1.54, 1.807) is 24.1 Å². The highest BCUT2D eigenvalue weighted by Crippen LogP contribution is 2.35. The Morgan fingerprint density at radius 2 is 1.94 bits per heavy atom. The fourth-order valence-electron chi connectivity index (χ4n) is 1.51. The molecule has 2 nitrogen and oxygen atoms in total. The van der Waals surface area contributed by atoms with Gasteiger partial charge in [0, 0.05) is 22.9 Å². The zero-order valence-electron chi connectivity index (χ0n) is 9.16. The van der Waals surface area contributed by atoms with Crippen molar-refractivity contribution in [3.05, 3.63) is 42.7 Å².